The predicted octanol–water partition coefficient (Wildman–Crippen LogP) is 0.874. The molecule has 1 saturated heterocycles. The molecule has 0 saturated carbocycles. The average Bonchev–Trinajstić information content (AvgIpc) is 2.69. The van der Waals surface area contributed by atoms with Crippen LogP contribution in [0.15, 0.2) is 24.3 Å². The molecule has 1 aromatic rings. The molecule has 0 atom stereocenters. The van der Waals surface area contributed by atoms with Crippen molar-refractivity contribution in [3.63, 3.8) is 0 Å². The van der Waals surface area contributed by atoms with Crippen LogP contribution in [0.4, 0.5) is 5.69 Å². The molecule has 16 heavy (non-hydrogen) atoms. The maximum absolute atomic E-state index is 11.0. The number of likely N-dealkylation sites (tertiary alicyclic amines) is 1. The molecule has 0 aromatic heterocycles. The highest BCUT2D eigenvalue weighted by Crippen LogP contribution is 2.15. The van der Waals surface area contributed by atoms with Gasteiger partial charge >= 0.3 is 0 Å². The van der Waals surface area contributed by atoms with E-state index in [9.17, 15) is 8.42 Å². The minimum absolute atomic E-state index is 0.525. The molecule has 0 aliphatic carbocycles. The maximum Gasteiger partial charge on any atom is 0.228 e. The molecule has 1 fully saturated rings. The van der Waals surface area contributed by atoms with E-state index in [1.165, 1.54) is 0 Å². The second-order valence-electron chi connectivity index (χ2n) is 3.90. The van der Waals surface area contributed by atoms with Crippen molar-refractivity contribution in [3.8, 4) is 0 Å². The first-order valence-corrected chi connectivity index (χ1v) is 6.29. The lowest BCUT2D eigenvalue weighted by Gasteiger charge is -2.14. The van der Waals surface area contributed by atoms with E-state index in [4.69, 9.17) is 5.73 Å². The van der Waals surface area contributed by atoms with E-state index in [0.717, 1.165) is 24.2 Å². The monoisotopic (exact) mass is 238 g/mol. The fourth-order valence-electron chi connectivity index (χ4n) is 1.90. The van der Waals surface area contributed by atoms with E-state index in [0.29, 0.717) is 18.0 Å². The van der Waals surface area contributed by atoms with E-state index < -0.39 is 10.3 Å². The first-order valence-electron chi connectivity index (χ1n) is 5.21. The second-order valence-corrected chi connectivity index (χ2v) is 4.84. The Labute approximate surface area is 96.2 Å². The van der Waals surface area contributed by atoms with Crippen LogP contribution in [0, 0.1) is 0 Å². The third-order valence-corrected chi connectivity index (χ3v) is 3.56. The van der Waals surface area contributed by atoms with Crippen LogP contribution in [0.2, 0.25) is 0 Å². The van der Waals surface area contributed by atoms with Gasteiger partial charge in [-0.3, -0.25) is 4.90 Å². The lowest BCUT2D eigenvalue weighted by Crippen LogP contribution is -2.24. The van der Waals surface area contributed by atoms with Crippen molar-refractivity contribution in [2.75, 3.05) is 12.3 Å². The Morgan fingerprint density at radius 2 is 1.94 bits per heavy atom. The van der Waals surface area contributed by atoms with Crippen molar-refractivity contribution < 1.29 is 8.42 Å². The minimum Gasteiger partial charge on any atom is -0.399 e. The quantitative estimate of drug-likeness (QED) is 0.613. The molecule has 0 radical (unpaired) electrons. The number of anilines is 1. The Balaban J connectivity index is 2.16. The van der Waals surface area contributed by atoms with Gasteiger partial charge in [-0.25, -0.2) is 0 Å². The SMILES string of the molecule is Nc1ccc(CN2CCCC2=S(=O)=O)cc1. The second kappa shape index (κ2) is 4.67. The Morgan fingerprint density at radius 1 is 1.25 bits per heavy atom. The molecule has 0 bridgehead atoms. The smallest absolute Gasteiger partial charge is 0.228 e. The molecule has 5 heteroatoms. The van der Waals surface area contributed by atoms with E-state index in [1.807, 2.05) is 29.2 Å². The van der Waals surface area contributed by atoms with E-state index in [1.54, 1.807) is 0 Å². The van der Waals surface area contributed by atoms with Gasteiger partial charge in [0, 0.05) is 18.8 Å². The zero-order chi connectivity index (χ0) is 11.5. The zero-order valence-electron chi connectivity index (χ0n) is 8.89. The molecule has 0 amide bonds. The number of hydrogen-bond acceptors (Lipinski definition) is 3. The van der Waals surface area contributed by atoms with E-state index >= 15 is 0 Å². The van der Waals surface area contributed by atoms with Crippen molar-refractivity contribution in [1.29, 1.82) is 0 Å². The molecule has 0 spiro atoms. The van der Waals surface area contributed by atoms with Crippen LogP contribution in [0.3, 0.4) is 0 Å². The highest BCUT2D eigenvalue weighted by Gasteiger charge is 2.20. The van der Waals surface area contributed by atoms with Gasteiger partial charge in [-0.15, -0.1) is 0 Å². The van der Waals surface area contributed by atoms with Crippen molar-refractivity contribution in [3.05, 3.63) is 29.8 Å². The lowest BCUT2D eigenvalue weighted by molar-refractivity contribution is 0.453. The van der Waals surface area contributed by atoms with E-state index in [2.05, 4.69) is 0 Å². The summed E-state index contributed by atoms with van der Waals surface area (Å²) >= 11 is 0. The summed E-state index contributed by atoms with van der Waals surface area (Å²) in [6.07, 6.45) is 1.57. The number of nitrogens with two attached hydrogens (primary N) is 1. The average molecular weight is 238 g/mol. The van der Waals surface area contributed by atoms with Gasteiger partial charge in [-0.1, -0.05) is 12.1 Å². The van der Waals surface area contributed by atoms with Gasteiger partial charge in [0.15, 0.2) is 0 Å². The Hall–Kier alpha value is -1.33. The van der Waals surface area contributed by atoms with E-state index in [-0.39, 0.29) is 0 Å². The molecule has 1 aromatic carbocycles. The van der Waals surface area contributed by atoms with Crippen molar-refractivity contribution in [2.24, 2.45) is 0 Å². The Bertz CT molecular complexity index is 497. The standard InChI is InChI=1S/C11H14N2O2S/c12-10-5-3-9(4-6-10)8-13-7-1-2-11(13)16(14)15/h3-6H,1-2,7-8,12H2. The van der Waals surface area contributed by atoms with Crippen LogP contribution in [-0.2, 0) is 16.8 Å². The summed E-state index contributed by atoms with van der Waals surface area (Å²) in [6, 6.07) is 7.52. The van der Waals surface area contributed by atoms with Crippen LogP contribution in [0.25, 0.3) is 0 Å². The number of benzene rings is 1. The summed E-state index contributed by atoms with van der Waals surface area (Å²) in [5.74, 6) is 0. The van der Waals surface area contributed by atoms with Crippen LogP contribution in [0.1, 0.15) is 18.4 Å². The molecule has 2 rings (SSSR count). The summed E-state index contributed by atoms with van der Waals surface area (Å²) in [4.78, 5) is 2.44. The molecular weight excluding hydrogens is 224 g/mol. The molecule has 1 aliphatic rings. The van der Waals surface area contributed by atoms with Gasteiger partial charge in [0.05, 0.1) is 0 Å². The molecule has 0 unspecified atom stereocenters. The summed E-state index contributed by atoms with van der Waals surface area (Å²) < 4.78 is 21.9. The normalized spacial score (nSPS) is 16.6. The number of hydrogen-bond donors (Lipinski definition) is 1. The van der Waals surface area contributed by atoms with Crippen molar-refractivity contribution >= 4 is 21.0 Å². The number of nitrogens with zero attached hydrogens (tertiary/aromatic N) is 1. The Kier molecular flexibility index (Phi) is 3.26. The highest BCUT2D eigenvalue weighted by molar-refractivity contribution is 7.72. The first-order chi connectivity index (χ1) is 7.66. The molecule has 4 nitrogen and oxygen atoms in total. The summed E-state index contributed by atoms with van der Waals surface area (Å²) in [6.45, 7) is 1.46. The maximum atomic E-state index is 11.0. The molecule has 86 valence electrons. The van der Waals surface area contributed by atoms with Crippen molar-refractivity contribution in [2.45, 2.75) is 19.4 Å². The van der Waals surface area contributed by atoms with Crippen molar-refractivity contribution in [1.82, 2.24) is 4.90 Å². The van der Waals surface area contributed by atoms with Crippen LogP contribution in [-0.4, -0.2) is 24.9 Å². The van der Waals surface area contributed by atoms with Crippen LogP contribution >= 0.6 is 0 Å². The topological polar surface area (TPSA) is 63.4 Å². The van der Waals surface area contributed by atoms with Gasteiger partial charge in [0.1, 0.15) is 4.99 Å². The summed E-state index contributed by atoms with van der Waals surface area (Å²) in [7, 11) is -2.08. The van der Waals surface area contributed by atoms with Gasteiger partial charge < -0.3 is 5.73 Å². The van der Waals surface area contributed by atoms with Gasteiger partial charge in [0.2, 0.25) is 10.3 Å². The van der Waals surface area contributed by atoms with Crippen LogP contribution in [0.5, 0.6) is 0 Å². The minimum atomic E-state index is -2.08. The fourth-order valence-corrected chi connectivity index (χ4v) is 2.58. The third-order valence-electron chi connectivity index (χ3n) is 2.72. The first kappa shape index (κ1) is 11.2. The van der Waals surface area contributed by atoms with Crippen LogP contribution < -0.4 is 5.73 Å². The Morgan fingerprint density at radius 3 is 2.56 bits per heavy atom. The molecular formula is C11H14N2O2S. The summed E-state index contributed by atoms with van der Waals surface area (Å²) in [5.41, 5.74) is 7.40. The molecule has 1 aliphatic heterocycles. The molecule has 1 heterocycles. The predicted molar refractivity (Wildman–Crippen MR) is 64.4 cm³/mol. The third kappa shape index (κ3) is 2.43. The molecule has 2 N–H and O–H groups in total. The lowest BCUT2D eigenvalue weighted by atomic mass is 10.2. The highest BCUT2D eigenvalue weighted by atomic mass is 32.2. The fraction of sp³-hybridized carbons (Fsp3) is 0.364. The van der Waals surface area contributed by atoms with Gasteiger partial charge in [-0.2, -0.15) is 8.42 Å². The summed E-state index contributed by atoms with van der Waals surface area (Å²) in [5, 5.41) is 0. The number of nitrogen functional groups attached to an aromatic ring is 1. The zero-order valence-corrected chi connectivity index (χ0v) is 9.70. The largest absolute Gasteiger partial charge is 0.399 e. The van der Waals surface area contributed by atoms with Gasteiger partial charge in [0.25, 0.3) is 0 Å². The van der Waals surface area contributed by atoms with Gasteiger partial charge in [-0.05, 0) is 30.5 Å². The number of rotatable bonds is 2.